The second-order valence-corrected chi connectivity index (χ2v) is 11.2. The summed E-state index contributed by atoms with van der Waals surface area (Å²) in [6.07, 6.45) is 7.51. The van der Waals surface area contributed by atoms with Gasteiger partial charge in [-0.05, 0) is 94.5 Å². The summed E-state index contributed by atoms with van der Waals surface area (Å²) >= 11 is 0. The van der Waals surface area contributed by atoms with Crippen LogP contribution in [-0.2, 0) is 11.3 Å². The molecule has 6 heteroatoms. The van der Waals surface area contributed by atoms with E-state index < -0.39 is 0 Å². The normalized spacial score (nSPS) is 33.7. The Morgan fingerprint density at radius 3 is 2.56 bits per heavy atom. The molecule has 0 aliphatic heterocycles. The summed E-state index contributed by atoms with van der Waals surface area (Å²) in [5, 5.41) is 4.56. The Morgan fingerprint density at radius 1 is 1.09 bits per heavy atom. The van der Waals surface area contributed by atoms with Gasteiger partial charge in [0.2, 0.25) is 5.91 Å². The number of fused-ring (bicyclic) bond motifs is 1. The average Bonchev–Trinajstić information content (AvgIpc) is 2.75. The smallest absolute Gasteiger partial charge is 0.230 e. The van der Waals surface area contributed by atoms with Crippen LogP contribution < -0.4 is 5.32 Å². The number of rotatable bonds is 8. The highest BCUT2D eigenvalue weighted by atomic mass is 16.2. The van der Waals surface area contributed by atoms with E-state index in [1.807, 2.05) is 30.1 Å². The van der Waals surface area contributed by atoms with Crippen LogP contribution in [0.2, 0.25) is 0 Å². The highest BCUT2D eigenvalue weighted by molar-refractivity contribution is 5.89. The summed E-state index contributed by atoms with van der Waals surface area (Å²) in [5.41, 5.74) is 1.24. The number of aromatic nitrogens is 2. The van der Waals surface area contributed by atoms with Crippen molar-refractivity contribution in [2.45, 2.75) is 45.1 Å². The van der Waals surface area contributed by atoms with Crippen LogP contribution in [0, 0.1) is 28.6 Å². The number of anilines is 1. The van der Waals surface area contributed by atoms with Crippen molar-refractivity contribution in [1.29, 1.82) is 0 Å². The average molecular weight is 434 g/mol. The summed E-state index contributed by atoms with van der Waals surface area (Å²) in [6, 6.07) is 8.16. The molecule has 1 aromatic heterocycles. The molecule has 1 aromatic carbocycles. The monoisotopic (exact) mass is 433 g/mol. The number of nitrogens with zero attached hydrogens (tertiary/aromatic N) is 4. The fourth-order valence-electron chi connectivity index (χ4n) is 8.23. The highest BCUT2D eigenvalue weighted by Crippen LogP contribution is 2.86. The van der Waals surface area contributed by atoms with Crippen LogP contribution in [0.15, 0.2) is 24.3 Å². The van der Waals surface area contributed by atoms with Crippen molar-refractivity contribution in [1.82, 2.24) is 19.8 Å². The number of carbonyl (C=O) groups is 1. The standard InChI is InChI=1S/C26H35N5O/c1-30(2)10-6-9-27-23-20-7-4-5-8-21(20)28-22(29-23)16-31(3)24(32)26-18-11-17-12-19(26)15-25(26,13-17)14-18/h4-5,7-8,17-19H,6,9-16H2,1-3H3,(H,27,28,29)/t17-,18-,19+,25-,26?. The van der Waals surface area contributed by atoms with Crippen molar-refractivity contribution in [3.8, 4) is 0 Å². The first kappa shape index (κ1) is 20.4. The zero-order valence-corrected chi connectivity index (χ0v) is 19.6. The summed E-state index contributed by atoms with van der Waals surface area (Å²) < 4.78 is 0. The number of carbonyl (C=O) groups excluding carboxylic acids is 1. The van der Waals surface area contributed by atoms with Gasteiger partial charge in [-0.2, -0.15) is 0 Å². The van der Waals surface area contributed by atoms with E-state index >= 15 is 0 Å². The predicted octanol–water partition coefficient (Wildman–Crippen LogP) is 3.78. The third-order valence-electron chi connectivity index (χ3n) is 9.16. The fraction of sp³-hybridized carbons (Fsp3) is 0.654. The van der Waals surface area contributed by atoms with Gasteiger partial charge in [-0.25, -0.2) is 9.97 Å². The minimum Gasteiger partial charge on any atom is -0.369 e. The molecule has 7 aliphatic carbocycles. The first-order valence-corrected chi connectivity index (χ1v) is 12.3. The number of benzene rings is 1. The number of hydrogen-bond donors (Lipinski definition) is 1. The van der Waals surface area contributed by atoms with Gasteiger partial charge in [0.1, 0.15) is 5.82 Å². The Bertz CT molecular complexity index is 1050. The van der Waals surface area contributed by atoms with E-state index in [9.17, 15) is 4.79 Å². The second-order valence-electron chi connectivity index (χ2n) is 11.2. The molecule has 1 amide bonds. The highest BCUT2D eigenvalue weighted by Gasteiger charge is 2.83. The van der Waals surface area contributed by atoms with Crippen molar-refractivity contribution in [3.63, 3.8) is 0 Å². The molecule has 2 aromatic rings. The van der Waals surface area contributed by atoms with Crippen LogP contribution in [-0.4, -0.2) is 59.9 Å². The van der Waals surface area contributed by atoms with E-state index in [0.29, 0.717) is 29.7 Å². The minimum absolute atomic E-state index is 0.0411. The molecule has 5 bridgehead atoms. The molecule has 0 saturated heterocycles. The SMILES string of the molecule is CN(C)CCCNc1nc(CN(C)C(=O)C23[C@@H]4C[C@@H]5C[C@H]2C[C@@]3(C5)C4)nc2ccccc12. The second kappa shape index (κ2) is 7.14. The van der Waals surface area contributed by atoms with Gasteiger partial charge in [0.25, 0.3) is 0 Å². The van der Waals surface area contributed by atoms with Gasteiger partial charge in [0.15, 0.2) is 5.82 Å². The molecule has 7 fully saturated rings. The molecular formula is C26H35N5O. The molecule has 1 heterocycles. The van der Waals surface area contributed by atoms with Crippen LogP contribution in [0.1, 0.15) is 44.3 Å². The van der Waals surface area contributed by atoms with Crippen molar-refractivity contribution in [3.05, 3.63) is 30.1 Å². The molecule has 170 valence electrons. The zero-order chi connectivity index (χ0) is 22.1. The molecule has 32 heavy (non-hydrogen) atoms. The Labute approximate surface area is 190 Å². The van der Waals surface area contributed by atoms with Crippen molar-refractivity contribution >= 4 is 22.6 Å². The van der Waals surface area contributed by atoms with Gasteiger partial charge in [0, 0.05) is 19.0 Å². The van der Waals surface area contributed by atoms with Crippen LogP contribution in [0.5, 0.6) is 0 Å². The maximum atomic E-state index is 13.8. The molecule has 7 aliphatic rings. The van der Waals surface area contributed by atoms with Crippen molar-refractivity contribution < 1.29 is 4.79 Å². The van der Waals surface area contributed by atoms with Gasteiger partial charge in [0.05, 0.1) is 17.5 Å². The molecule has 1 spiro atoms. The number of hydrogen-bond acceptors (Lipinski definition) is 5. The topological polar surface area (TPSA) is 61.4 Å². The van der Waals surface area contributed by atoms with Crippen LogP contribution in [0.25, 0.3) is 10.9 Å². The van der Waals surface area contributed by atoms with E-state index in [-0.39, 0.29) is 5.41 Å². The van der Waals surface area contributed by atoms with E-state index in [1.165, 1.54) is 32.1 Å². The third kappa shape index (κ3) is 2.71. The van der Waals surface area contributed by atoms with E-state index in [4.69, 9.17) is 9.97 Å². The lowest BCUT2D eigenvalue weighted by molar-refractivity contribution is -0.338. The number of nitrogens with one attached hydrogen (secondary N) is 1. The van der Waals surface area contributed by atoms with Gasteiger partial charge in [-0.3, -0.25) is 4.79 Å². The fourth-order valence-corrected chi connectivity index (χ4v) is 8.23. The lowest BCUT2D eigenvalue weighted by atomic mass is 9.20. The van der Waals surface area contributed by atoms with Crippen LogP contribution in [0.3, 0.4) is 0 Å². The largest absolute Gasteiger partial charge is 0.369 e. The van der Waals surface area contributed by atoms with Gasteiger partial charge in [-0.1, -0.05) is 12.1 Å². The summed E-state index contributed by atoms with van der Waals surface area (Å²) in [6.45, 7) is 2.38. The third-order valence-corrected chi connectivity index (χ3v) is 9.16. The minimum atomic E-state index is -0.0411. The Kier molecular flexibility index (Phi) is 4.55. The molecule has 9 rings (SSSR count). The molecule has 7 saturated carbocycles. The van der Waals surface area contributed by atoms with Crippen LogP contribution >= 0.6 is 0 Å². The zero-order valence-electron chi connectivity index (χ0n) is 19.6. The van der Waals surface area contributed by atoms with Crippen LogP contribution in [0.4, 0.5) is 5.82 Å². The van der Waals surface area contributed by atoms with Crippen molar-refractivity contribution in [2.24, 2.45) is 28.6 Å². The van der Waals surface area contributed by atoms with Gasteiger partial charge < -0.3 is 15.1 Å². The van der Waals surface area contributed by atoms with E-state index in [0.717, 1.165) is 48.0 Å². The first-order valence-electron chi connectivity index (χ1n) is 12.3. The summed E-state index contributed by atoms with van der Waals surface area (Å²) in [4.78, 5) is 27.7. The Morgan fingerprint density at radius 2 is 1.84 bits per heavy atom. The lowest BCUT2D eigenvalue weighted by Crippen LogP contribution is -2.81. The predicted molar refractivity (Wildman–Crippen MR) is 126 cm³/mol. The molecule has 5 atom stereocenters. The maximum absolute atomic E-state index is 13.8. The maximum Gasteiger partial charge on any atom is 0.230 e. The number of para-hydroxylation sites is 1. The van der Waals surface area contributed by atoms with Gasteiger partial charge >= 0.3 is 0 Å². The quantitative estimate of drug-likeness (QED) is 0.642. The molecule has 1 unspecified atom stereocenters. The molecule has 1 N–H and O–H groups in total. The summed E-state index contributed by atoms with van der Waals surface area (Å²) in [7, 11) is 6.16. The molecule has 6 nitrogen and oxygen atoms in total. The lowest BCUT2D eigenvalue weighted by Gasteiger charge is -2.83. The van der Waals surface area contributed by atoms with E-state index in [2.05, 4.69) is 30.4 Å². The Balaban J connectivity index is 1.22. The first-order chi connectivity index (χ1) is 15.4. The van der Waals surface area contributed by atoms with E-state index in [1.54, 1.807) is 0 Å². The van der Waals surface area contributed by atoms with Gasteiger partial charge in [-0.15, -0.1) is 0 Å². The summed E-state index contributed by atoms with van der Waals surface area (Å²) in [5.74, 6) is 4.16. The number of amides is 1. The van der Waals surface area contributed by atoms with Crippen molar-refractivity contribution in [2.75, 3.05) is 39.5 Å². The molecular weight excluding hydrogens is 398 g/mol. The Hall–Kier alpha value is -2.21. The molecule has 0 radical (unpaired) electrons.